The van der Waals surface area contributed by atoms with Crippen molar-refractivity contribution in [2.24, 2.45) is 0 Å². The smallest absolute Gasteiger partial charge is 0.163 e. The molecule has 1 aliphatic rings. The number of hydrogen-bond donors (Lipinski definition) is 2. The fourth-order valence-electron chi connectivity index (χ4n) is 2.06. The molecule has 0 aliphatic heterocycles. The third-order valence-corrected chi connectivity index (χ3v) is 3.48. The van der Waals surface area contributed by atoms with Gasteiger partial charge in [-0.15, -0.1) is 0 Å². The van der Waals surface area contributed by atoms with Crippen LogP contribution >= 0.6 is 0 Å². The van der Waals surface area contributed by atoms with E-state index < -0.39 is 5.60 Å². The predicted molar refractivity (Wildman–Crippen MR) is 62.0 cm³/mol. The lowest BCUT2D eigenvalue weighted by molar-refractivity contribution is 0.150. The van der Waals surface area contributed by atoms with Gasteiger partial charge < -0.3 is 14.9 Å². The first-order valence-electron chi connectivity index (χ1n) is 5.55. The van der Waals surface area contributed by atoms with Crippen LogP contribution in [0.2, 0.25) is 0 Å². The minimum absolute atomic E-state index is 0.157. The molecule has 3 nitrogen and oxygen atoms in total. The van der Waals surface area contributed by atoms with Crippen molar-refractivity contribution in [2.75, 3.05) is 7.11 Å². The summed E-state index contributed by atoms with van der Waals surface area (Å²) in [6, 6.07) is 1.71. The van der Waals surface area contributed by atoms with Gasteiger partial charge in [-0.3, -0.25) is 0 Å². The second-order valence-corrected chi connectivity index (χ2v) is 4.74. The molecular formula is C13H18O3. The summed E-state index contributed by atoms with van der Waals surface area (Å²) in [6.07, 6.45) is 2.34. The molecule has 0 aromatic heterocycles. The first kappa shape index (κ1) is 11.3. The van der Waals surface area contributed by atoms with E-state index >= 15 is 0 Å². The van der Waals surface area contributed by atoms with E-state index in [0.29, 0.717) is 12.2 Å². The van der Waals surface area contributed by atoms with Crippen LogP contribution in [0.3, 0.4) is 0 Å². The second kappa shape index (κ2) is 3.67. The first-order valence-corrected chi connectivity index (χ1v) is 5.55. The molecule has 0 saturated heterocycles. The molecule has 1 aromatic carbocycles. The zero-order chi connectivity index (χ0) is 11.9. The fraction of sp³-hybridized carbons (Fsp3) is 0.538. The SMILES string of the molecule is COc1c(O)cc(CC2(O)CC2)c(C)c1C. The van der Waals surface area contributed by atoms with Crippen molar-refractivity contribution in [3.05, 3.63) is 22.8 Å². The minimum atomic E-state index is -0.530. The van der Waals surface area contributed by atoms with E-state index in [2.05, 4.69) is 0 Å². The number of phenolic OH excluding ortho intramolecular Hbond substituents is 1. The molecule has 16 heavy (non-hydrogen) atoms. The topological polar surface area (TPSA) is 49.7 Å². The van der Waals surface area contributed by atoms with Gasteiger partial charge in [0.25, 0.3) is 0 Å². The molecule has 2 N–H and O–H groups in total. The van der Waals surface area contributed by atoms with Crippen LogP contribution in [0.5, 0.6) is 11.5 Å². The summed E-state index contributed by atoms with van der Waals surface area (Å²) in [7, 11) is 1.55. The van der Waals surface area contributed by atoms with Crippen LogP contribution in [0.15, 0.2) is 6.07 Å². The monoisotopic (exact) mass is 222 g/mol. The van der Waals surface area contributed by atoms with Crippen LogP contribution in [0.1, 0.15) is 29.5 Å². The molecule has 88 valence electrons. The first-order chi connectivity index (χ1) is 7.47. The van der Waals surface area contributed by atoms with Gasteiger partial charge in [0, 0.05) is 6.42 Å². The van der Waals surface area contributed by atoms with Crippen molar-refractivity contribution in [1.29, 1.82) is 0 Å². The molecule has 1 saturated carbocycles. The van der Waals surface area contributed by atoms with Gasteiger partial charge in [0.15, 0.2) is 11.5 Å². The summed E-state index contributed by atoms with van der Waals surface area (Å²) in [6.45, 7) is 3.92. The largest absolute Gasteiger partial charge is 0.504 e. The molecule has 0 radical (unpaired) electrons. The Labute approximate surface area is 95.7 Å². The van der Waals surface area contributed by atoms with Gasteiger partial charge in [-0.25, -0.2) is 0 Å². The second-order valence-electron chi connectivity index (χ2n) is 4.74. The quantitative estimate of drug-likeness (QED) is 0.823. The minimum Gasteiger partial charge on any atom is -0.504 e. The number of aromatic hydroxyl groups is 1. The molecule has 0 heterocycles. The maximum Gasteiger partial charge on any atom is 0.163 e. The number of ether oxygens (including phenoxy) is 1. The molecule has 0 atom stereocenters. The predicted octanol–water partition coefficient (Wildman–Crippen LogP) is 2.09. The van der Waals surface area contributed by atoms with E-state index in [4.69, 9.17) is 4.74 Å². The highest BCUT2D eigenvalue weighted by atomic mass is 16.5. The maximum absolute atomic E-state index is 9.90. The van der Waals surface area contributed by atoms with E-state index in [1.54, 1.807) is 13.2 Å². The zero-order valence-corrected chi connectivity index (χ0v) is 10.0. The van der Waals surface area contributed by atoms with Crippen molar-refractivity contribution < 1.29 is 14.9 Å². The van der Waals surface area contributed by atoms with Gasteiger partial charge in [-0.2, -0.15) is 0 Å². The molecule has 1 aromatic rings. The van der Waals surface area contributed by atoms with Crippen molar-refractivity contribution >= 4 is 0 Å². The van der Waals surface area contributed by atoms with Gasteiger partial charge in [-0.05, 0) is 49.4 Å². The summed E-state index contributed by atoms with van der Waals surface area (Å²) in [5, 5.41) is 19.7. The van der Waals surface area contributed by atoms with E-state index in [1.165, 1.54) is 0 Å². The Morgan fingerprint density at radius 2 is 1.94 bits per heavy atom. The number of methoxy groups -OCH3 is 1. The molecule has 0 spiro atoms. The standard InChI is InChI=1S/C13H18O3/c1-8-9(2)12(16-3)11(14)6-10(8)7-13(15)4-5-13/h6,14-15H,4-5,7H2,1-3H3. The van der Waals surface area contributed by atoms with Crippen LogP contribution in [0.4, 0.5) is 0 Å². The van der Waals surface area contributed by atoms with E-state index in [9.17, 15) is 10.2 Å². The highest BCUT2D eigenvalue weighted by Gasteiger charge is 2.40. The van der Waals surface area contributed by atoms with Crippen molar-refractivity contribution in [3.8, 4) is 11.5 Å². The van der Waals surface area contributed by atoms with Gasteiger partial charge in [-0.1, -0.05) is 0 Å². The van der Waals surface area contributed by atoms with Crippen LogP contribution < -0.4 is 4.74 Å². The van der Waals surface area contributed by atoms with Crippen LogP contribution in [0, 0.1) is 13.8 Å². The average Bonchev–Trinajstić information content (AvgIpc) is 2.93. The van der Waals surface area contributed by atoms with Gasteiger partial charge >= 0.3 is 0 Å². The number of aliphatic hydroxyl groups is 1. The average molecular weight is 222 g/mol. The van der Waals surface area contributed by atoms with Gasteiger partial charge in [0.1, 0.15) is 0 Å². The fourth-order valence-corrected chi connectivity index (χ4v) is 2.06. The lowest BCUT2D eigenvalue weighted by Gasteiger charge is -2.16. The number of hydrogen-bond acceptors (Lipinski definition) is 3. The highest BCUT2D eigenvalue weighted by molar-refractivity contribution is 5.53. The van der Waals surface area contributed by atoms with Crippen LogP contribution in [-0.4, -0.2) is 22.9 Å². The highest BCUT2D eigenvalue weighted by Crippen LogP contribution is 2.41. The van der Waals surface area contributed by atoms with E-state index in [0.717, 1.165) is 29.5 Å². The summed E-state index contributed by atoms with van der Waals surface area (Å²) in [4.78, 5) is 0. The Morgan fingerprint density at radius 3 is 2.44 bits per heavy atom. The van der Waals surface area contributed by atoms with Crippen molar-refractivity contribution in [2.45, 2.75) is 38.7 Å². The third kappa shape index (κ3) is 1.87. The molecule has 0 unspecified atom stereocenters. The Balaban J connectivity index is 2.39. The summed E-state index contributed by atoms with van der Waals surface area (Å²) < 4.78 is 5.14. The summed E-state index contributed by atoms with van der Waals surface area (Å²) >= 11 is 0. The molecule has 1 fully saturated rings. The summed E-state index contributed by atoms with van der Waals surface area (Å²) in [5.41, 5.74) is 2.52. The summed E-state index contributed by atoms with van der Waals surface area (Å²) in [5.74, 6) is 0.689. The molecular weight excluding hydrogens is 204 g/mol. The van der Waals surface area contributed by atoms with E-state index in [-0.39, 0.29) is 5.75 Å². The zero-order valence-electron chi connectivity index (χ0n) is 10.0. The molecule has 0 amide bonds. The number of benzene rings is 1. The normalized spacial score (nSPS) is 17.2. The molecule has 2 rings (SSSR count). The van der Waals surface area contributed by atoms with Crippen molar-refractivity contribution in [3.63, 3.8) is 0 Å². The number of phenols is 1. The Kier molecular flexibility index (Phi) is 2.58. The van der Waals surface area contributed by atoms with Crippen molar-refractivity contribution in [1.82, 2.24) is 0 Å². The molecule has 1 aliphatic carbocycles. The lowest BCUT2D eigenvalue weighted by atomic mass is 9.96. The van der Waals surface area contributed by atoms with Crippen LogP contribution in [-0.2, 0) is 6.42 Å². The van der Waals surface area contributed by atoms with Gasteiger partial charge in [0.2, 0.25) is 0 Å². The molecule has 0 bridgehead atoms. The Hall–Kier alpha value is -1.22. The Morgan fingerprint density at radius 1 is 1.31 bits per heavy atom. The van der Waals surface area contributed by atoms with E-state index in [1.807, 2.05) is 13.8 Å². The number of rotatable bonds is 3. The lowest BCUT2D eigenvalue weighted by Crippen LogP contribution is -2.12. The van der Waals surface area contributed by atoms with Gasteiger partial charge in [0.05, 0.1) is 12.7 Å². The Bertz CT molecular complexity index is 420. The third-order valence-electron chi connectivity index (χ3n) is 3.48. The van der Waals surface area contributed by atoms with Crippen LogP contribution in [0.25, 0.3) is 0 Å². The maximum atomic E-state index is 9.90. The molecule has 3 heteroatoms.